The Morgan fingerprint density at radius 3 is 2.67 bits per heavy atom. The van der Waals surface area contributed by atoms with Crippen molar-refractivity contribution in [1.29, 1.82) is 0 Å². The maximum Gasteiger partial charge on any atom is 0.249 e. The lowest BCUT2D eigenvalue weighted by Gasteiger charge is -2.23. The molecule has 2 heterocycles. The number of nitrogens with zero attached hydrogens (tertiary/aromatic N) is 2. The maximum absolute atomic E-state index is 12.5. The highest BCUT2D eigenvalue weighted by atomic mass is 32.1. The molecule has 0 spiro atoms. The molecule has 0 radical (unpaired) electrons. The van der Waals surface area contributed by atoms with Gasteiger partial charge in [-0.15, -0.1) is 11.3 Å². The lowest BCUT2D eigenvalue weighted by Crippen LogP contribution is -2.33. The lowest BCUT2D eigenvalue weighted by atomic mass is 10.1. The van der Waals surface area contributed by atoms with Crippen LogP contribution in [0.4, 0.5) is 0 Å². The van der Waals surface area contributed by atoms with Crippen LogP contribution in [0.2, 0.25) is 0 Å². The first-order valence-electron chi connectivity index (χ1n) is 9.68. The van der Waals surface area contributed by atoms with Gasteiger partial charge in [-0.1, -0.05) is 18.2 Å². The second kappa shape index (κ2) is 11.3. The molecule has 30 heavy (non-hydrogen) atoms. The molecule has 0 N–H and O–H groups in total. The summed E-state index contributed by atoms with van der Waals surface area (Å²) in [6, 6.07) is 15.6. The Balaban J connectivity index is 1.68. The maximum atomic E-state index is 12.5. The van der Waals surface area contributed by atoms with E-state index in [2.05, 4.69) is 16.4 Å². The summed E-state index contributed by atoms with van der Waals surface area (Å²) in [6.45, 7) is 1.43. The number of amides is 1. The summed E-state index contributed by atoms with van der Waals surface area (Å²) >= 11 is 1.72. The van der Waals surface area contributed by atoms with E-state index in [1.165, 1.54) is 12.0 Å². The minimum Gasteiger partial charge on any atom is -0.493 e. The summed E-state index contributed by atoms with van der Waals surface area (Å²) < 4.78 is 16.5. The molecule has 0 aliphatic heterocycles. The third kappa shape index (κ3) is 6.30. The van der Waals surface area contributed by atoms with Crippen molar-refractivity contribution < 1.29 is 19.0 Å². The van der Waals surface area contributed by atoms with Crippen molar-refractivity contribution in [2.75, 3.05) is 27.4 Å². The number of pyridine rings is 1. The molecule has 0 saturated heterocycles. The Morgan fingerprint density at radius 2 is 1.97 bits per heavy atom. The normalized spacial score (nSPS) is 10.6. The number of rotatable bonds is 11. The minimum atomic E-state index is -0.0987. The van der Waals surface area contributed by atoms with Crippen LogP contribution in [0.25, 0.3) is 0 Å². The number of carbonyl (C=O) groups excluding carboxylic acids is 1. The molecule has 1 amide bonds. The molecule has 6 nitrogen and oxygen atoms in total. The second-order valence-corrected chi connectivity index (χ2v) is 7.70. The summed E-state index contributed by atoms with van der Waals surface area (Å²) in [5.41, 5.74) is 1.76. The van der Waals surface area contributed by atoms with Crippen LogP contribution in [0.15, 0.2) is 60.1 Å². The van der Waals surface area contributed by atoms with E-state index in [1.54, 1.807) is 29.5 Å². The van der Waals surface area contributed by atoms with Gasteiger partial charge in [-0.25, -0.2) is 0 Å². The van der Waals surface area contributed by atoms with Crippen LogP contribution in [-0.2, 0) is 29.0 Å². The highest BCUT2D eigenvalue weighted by Gasteiger charge is 2.16. The molecule has 0 fully saturated rings. The SMILES string of the molecule is COCC(=O)N(Cc1ccc(OCCc2cccs2)c(OC)c1)Cc1ccccn1. The molecule has 0 aliphatic carbocycles. The van der Waals surface area contributed by atoms with Gasteiger partial charge in [0.25, 0.3) is 0 Å². The van der Waals surface area contributed by atoms with Crippen molar-refractivity contribution >= 4 is 17.2 Å². The molecular weight excluding hydrogens is 400 g/mol. The van der Waals surface area contributed by atoms with Gasteiger partial charge in [0, 0.05) is 31.1 Å². The first kappa shape index (κ1) is 21.8. The lowest BCUT2D eigenvalue weighted by molar-refractivity contribution is -0.136. The molecule has 1 aromatic carbocycles. The number of methoxy groups -OCH3 is 2. The quantitative estimate of drug-likeness (QED) is 0.465. The highest BCUT2D eigenvalue weighted by Crippen LogP contribution is 2.29. The van der Waals surface area contributed by atoms with Crippen LogP contribution in [0.5, 0.6) is 11.5 Å². The molecule has 2 aromatic heterocycles. The van der Waals surface area contributed by atoms with Crippen LogP contribution < -0.4 is 9.47 Å². The van der Waals surface area contributed by atoms with Gasteiger partial charge in [0.2, 0.25) is 5.91 Å². The van der Waals surface area contributed by atoms with Gasteiger partial charge < -0.3 is 19.1 Å². The van der Waals surface area contributed by atoms with E-state index >= 15 is 0 Å². The summed E-state index contributed by atoms with van der Waals surface area (Å²) in [5, 5.41) is 2.06. The molecule has 7 heteroatoms. The van der Waals surface area contributed by atoms with Gasteiger partial charge in [-0.05, 0) is 41.3 Å². The summed E-state index contributed by atoms with van der Waals surface area (Å²) in [5.74, 6) is 1.24. The van der Waals surface area contributed by atoms with Crippen molar-refractivity contribution in [1.82, 2.24) is 9.88 Å². The third-order valence-electron chi connectivity index (χ3n) is 4.49. The first-order valence-corrected chi connectivity index (χ1v) is 10.6. The van der Waals surface area contributed by atoms with Gasteiger partial charge in [0.05, 0.1) is 26.0 Å². The van der Waals surface area contributed by atoms with Gasteiger partial charge in [-0.3, -0.25) is 9.78 Å². The largest absolute Gasteiger partial charge is 0.493 e. The van der Waals surface area contributed by atoms with Crippen LogP contribution in [-0.4, -0.2) is 43.2 Å². The standard InChI is InChI=1S/C23H26N2O4S/c1-27-17-23(26)25(16-19-6-3-4-11-24-19)15-18-8-9-21(22(14-18)28-2)29-12-10-20-7-5-13-30-20/h3-9,11,13-14H,10,12,15-17H2,1-2H3. The Hall–Kier alpha value is -2.90. The zero-order chi connectivity index (χ0) is 21.2. The summed E-state index contributed by atoms with van der Waals surface area (Å²) in [4.78, 5) is 19.9. The summed E-state index contributed by atoms with van der Waals surface area (Å²) in [6.07, 6.45) is 2.58. The fourth-order valence-electron chi connectivity index (χ4n) is 3.00. The van der Waals surface area contributed by atoms with Crippen molar-refractivity contribution in [3.8, 4) is 11.5 Å². The van der Waals surface area contributed by atoms with E-state index < -0.39 is 0 Å². The van der Waals surface area contributed by atoms with Crippen molar-refractivity contribution in [2.45, 2.75) is 19.5 Å². The minimum absolute atomic E-state index is 0.0217. The van der Waals surface area contributed by atoms with Crippen LogP contribution in [0.1, 0.15) is 16.1 Å². The molecule has 0 unspecified atom stereocenters. The van der Waals surface area contributed by atoms with E-state index in [4.69, 9.17) is 14.2 Å². The molecule has 0 atom stereocenters. The Kier molecular flexibility index (Phi) is 8.23. The monoisotopic (exact) mass is 426 g/mol. The average Bonchev–Trinajstić information content (AvgIpc) is 3.28. The van der Waals surface area contributed by atoms with Gasteiger partial charge in [0.15, 0.2) is 11.5 Å². The number of hydrogen-bond acceptors (Lipinski definition) is 6. The molecule has 158 valence electrons. The molecule has 0 saturated carbocycles. The molecule has 0 aliphatic rings. The van der Waals surface area contributed by atoms with E-state index in [1.807, 2.05) is 42.5 Å². The van der Waals surface area contributed by atoms with Crippen molar-refractivity contribution in [3.63, 3.8) is 0 Å². The Morgan fingerprint density at radius 1 is 1.07 bits per heavy atom. The smallest absolute Gasteiger partial charge is 0.249 e. The van der Waals surface area contributed by atoms with E-state index in [-0.39, 0.29) is 12.5 Å². The molecular formula is C23H26N2O4S. The average molecular weight is 427 g/mol. The Labute approximate surface area is 181 Å². The zero-order valence-corrected chi connectivity index (χ0v) is 18.1. The zero-order valence-electron chi connectivity index (χ0n) is 17.2. The molecule has 0 bridgehead atoms. The predicted octanol–water partition coefficient (Wildman–Crippen LogP) is 3.95. The number of aromatic nitrogens is 1. The van der Waals surface area contributed by atoms with E-state index in [9.17, 15) is 4.79 Å². The predicted molar refractivity (Wildman–Crippen MR) is 117 cm³/mol. The van der Waals surface area contributed by atoms with E-state index in [0.29, 0.717) is 31.2 Å². The fourth-order valence-corrected chi connectivity index (χ4v) is 3.69. The van der Waals surface area contributed by atoms with Gasteiger partial charge in [0.1, 0.15) is 6.61 Å². The summed E-state index contributed by atoms with van der Waals surface area (Å²) in [7, 11) is 3.13. The first-order chi connectivity index (χ1) is 14.7. The van der Waals surface area contributed by atoms with Crippen molar-refractivity contribution in [2.24, 2.45) is 0 Å². The van der Waals surface area contributed by atoms with Crippen LogP contribution >= 0.6 is 11.3 Å². The number of benzene rings is 1. The second-order valence-electron chi connectivity index (χ2n) is 6.67. The van der Waals surface area contributed by atoms with E-state index in [0.717, 1.165) is 17.7 Å². The number of carbonyl (C=O) groups is 1. The highest BCUT2D eigenvalue weighted by molar-refractivity contribution is 7.09. The topological polar surface area (TPSA) is 60.9 Å². The number of ether oxygens (including phenoxy) is 3. The van der Waals surface area contributed by atoms with Crippen LogP contribution in [0.3, 0.4) is 0 Å². The number of hydrogen-bond donors (Lipinski definition) is 0. The van der Waals surface area contributed by atoms with Crippen LogP contribution in [0, 0.1) is 0 Å². The van der Waals surface area contributed by atoms with Crippen molar-refractivity contribution in [3.05, 3.63) is 76.2 Å². The molecule has 3 rings (SSSR count). The third-order valence-corrected chi connectivity index (χ3v) is 5.42. The molecule has 3 aromatic rings. The number of thiophene rings is 1. The van der Waals surface area contributed by atoms with Gasteiger partial charge >= 0.3 is 0 Å². The Bertz CT molecular complexity index is 916. The van der Waals surface area contributed by atoms with Gasteiger partial charge in [-0.2, -0.15) is 0 Å². The fraction of sp³-hybridized carbons (Fsp3) is 0.304.